The van der Waals surface area contributed by atoms with Crippen molar-refractivity contribution in [2.24, 2.45) is 0 Å². The van der Waals surface area contributed by atoms with Crippen LogP contribution in [0.3, 0.4) is 0 Å². The van der Waals surface area contributed by atoms with Crippen LogP contribution in [0.4, 0.5) is 0 Å². The molecule has 1 N–H and O–H groups in total. The largest absolute Gasteiger partial charge is 0.456 e. The van der Waals surface area contributed by atoms with Crippen molar-refractivity contribution in [2.75, 3.05) is 13.6 Å². The van der Waals surface area contributed by atoms with Gasteiger partial charge in [0.1, 0.15) is 11.5 Å². The number of para-hydroxylation sites is 2. The number of hydrogen-bond donors (Lipinski definition) is 1. The number of benzene rings is 2. The van der Waals surface area contributed by atoms with Crippen molar-refractivity contribution in [1.82, 2.24) is 5.32 Å². The Hall–Kier alpha value is -2.06. The van der Waals surface area contributed by atoms with Crippen LogP contribution in [-0.4, -0.2) is 13.6 Å². The average Bonchev–Trinajstić information content (AvgIpc) is 2.66. The molecule has 3 rings (SSSR count). The van der Waals surface area contributed by atoms with Crippen molar-refractivity contribution in [3.05, 3.63) is 59.7 Å². The molecule has 1 heterocycles. The van der Waals surface area contributed by atoms with E-state index < -0.39 is 0 Å². The average molecular weight is 269 g/mol. The van der Waals surface area contributed by atoms with E-state index in [-0.39, 0.29) is 1.43 Å². The standard InChI is InChI=1S/C16H15NO.C2H6.H2/c1-17-11-13-10-12-6-2-4-8-15(12)18-16-9-5-3-7-14(13)16;1-2;/h2-10,17H,11H2,1H3;1-2H3;1H. The van der Waals surface area contributed by atoms with E-state index in [9.17, 15) is 0 Å². The summed E-state index contributed by atoms with van der Waals surface area (Å²) >= 11 is 0. The van der Waals surface area contributed by atoms with E-state index in [1.54, 1.807) is 0 Å². The zero-order valence-electron chi connectivity index (χ0n) is 12.3. The van der Waals surface area contributed by atoms with Crippen molar-refractivity contribution >= 4 is 11.6 Å². The number of ether oxygens (including phenoxy) is 1. The zero-order chi connectivity index (χ0) is 14.4. The molecule has 0 aromatic heterocycles. The Morgan fingerprint density at radius 1 is 0.950 bits per heavy atom. The second kappa shape index (κ2) is 6.92. The molecular formula is C18H23NO. The van der Waals surface area contributed by atoms with Gasteiger partial charge in [-0.15, -0.1) is 0 Å². The lowest BCUT2D eigenvalue weighted by atomic mass is 10.0. The molecule has 2 nitrogen and oxygen atoms in total. The number of hydrogen-bond acceptors (Lipinski definition) is 2. The summed E-state index contributed by atoms with van der Waals surface area (Å²) in [5.74, 6) is 1.83. The predicted molar refractivity (Wildman–Crippen MR) is 88.2 cm³/mol. The summed E-state index contributed by atoms with van der Waals surface area (Å²) in [4.78, 5) is 0. The lowest BCUT2D eigenvalue weighted by Crippen LogP contribution is -2.09. The molecule has 0 unspecified atom stereocenters. The fourth-order valence-electron chi connectivity index (χ4n) is 2.23. The smallest absolute Gasteiger partial charge is 0.135 e. The molecular weight excluding hydrogens is 246 g/mol. The third-order valence-corrected chi connectivity index (χ3v) is 3.07. The topological polar surface area (TPSA) is 21.3 Å². The Bertz CT molecular complexity index is 608. The Morgan fingerprint density at radius 3 is 2.35 bits per heavy atom. The summed E-state index contributed by atoms with van der Waals surface area (Å²) in [7, 11) is 1.96. The Balaban J connectivity index is 0.000000706. The molecule has 0 saturated heterocycles. The monoisotopic (exact) mass is 269 g/mol. The van der Waals surface area contributed by atoms with Gasteiger partial charge in [-0.3, -0.25) is 0 Å². The predicted octanol–water partition coefficient (Wildman–Crippen LogP) is 4.82. The minimum absolute atomic E-state index is 0. The third kappa shape index (κ3) is 2.91. The molecule has 2 aromatic carbocycles. The number of likely N-dealkylation sites (N-methyl/N-ethyl adjacent to an activating group) is 1. The van der Waals surface area contributed by atoms with Gasteiger partial charge in [-0.25, -0.2) is 0 Å². The Kier molecular flexibility index (Phi) is 4.97. The number of fused-ring (bicyclic) bond motifs is 2. The van der Waals surface area contributed by atoms with Gasteiger partial charge in [0.15, 0.2) is 0 Å². The minimum Gasteiger partial charge on any atom is -0.456 e. The molecule has 0 amide bonds. The van der Waals surface area contributed by atoms with Crippen molar-refractivity contribution in [3.63, 3.8) is 0 Å². The summed E-state index contributed by atoms with van der Waals surface area (Å²) in [6, 6.07) is 16.3. The first kappa shape index (κ1) is 14.4. The highest BCUT2D eigenvalue weighted by atomic mass is 16.5. The number of rotatable bonds is 2. The molecule has 0 atom stereocenters. The summed E-state index contributed by atoms with van der Waals surface area (Å²) < 4.78 is 6.00. The fraction of sp³-hybridized carbons (Fsp3) is 0.222. The van der Waals surface area contributed by atoms with Crippen LogP contribution in [0, 0.1) is 0 Å². The highest BCUT2D eigenvalue weighted by Gasteiger charge is 2.14. The second-order valence-corrected chi connectivity index (χ2v) is 4.34. The molecule has 2 aromatic rings. The highest BCUT2D eigenvalue weighted by Crippen LogP contribution is 2.37. The van der Waals surface area contributed by atoms with E-state index in [1.165, 1.54) is 5.57 Å². The van der Waals surface area contributed by atoms with Gasteiger partial charge in [-0.05, 0) is 30.8 Å². The first-order chi connectivity index (χ1) is 9.88. The molecule has 0 spiro atoms. The summed E-state index contributed by atoms with van der Waals surface area (Å²) in [6.45, 7) is 4.83. The lowest BCUT2D eigenvalue weighted by molar-refractivity contribution is 0.481. The quantitative estimate of drug-likeness (QED) is 0.843. The van der Waals surface area contributed by atoms with Crippen molar-refractivity contribution < 1.29 is 6.16 Å². The molecule has 0 aliphatic carbocycles. The first-order valence-electron chi connectivity index (χ1n) is 7.10. The maximum atomic E-state index is 6.00. The Labute approximate surface area is 122 Å². The lowest BCUT2D eigenvalue weighted by Gasteiger charge is -2.10. The third-order valence-electron chi connectivity index (χ3n) is 3.07. The van der Waals surface area contributed by atoms with Gasteiger partial charge in [-0.2, -0.15) is 0 Å². The van der Waals surface area contributed by atoms with Gasteiger partial charge < -0.3 is 10.1 Å². The van der Waals surface area contributed by atoms with Crippen molar-refractivity contribution in [3.8, 4) is 11.5 Å². The summed E-state index contributed by atoms with van der Waals surface area (Å²) in [5.41, 5.74) is 3.53. The molecule has 1 aliphatic heterocycles. The van der Waals surface area contributed by atoms with Gasteiger partial charge in [-0.1, -0.05) is 50.2 Å². The molecule has 20 heavy (non-hydrogen) atoms. The summed E-state index contributed by atoms with van der Waals surface area (Å²) in [5, 5.41) is 3.21. The molecule has 0 radical (unpaired) electrons. The van der Waals surface area contributed by atoms with E-state index in [2.05, 4.69) is 23.5 Å². The summed E-state index contributed by atoms with van der Waals surface area (Å²) in [6.07, 6.45) is 2.19. The van der Waals surface area contributed by atoms with Crippen LogP contribution < -0.4 is 10.1 Å². The maximum absolute atomic E-state index is 6.00. The normalized spacial score (nSPS) is 11.8. The van der Waals surface area contributed by atoms with Gasteiger partial charge in [0.2, 0.25) is 0 Å². The molecule has 0 saturated carbocycles. The molecule has 106 valence electrons. The fourth-order valence-corrected chi connectivity index (χ4v) is 2.23. The SMILES string of the molecule is CC.CNCC1=Cc2ccccc2Oc2ccccc21.[HH]. The van der Waals surface area contributed by atoms with E-state index in [4.69, 9.17) is 4.74 Å². The van der Waals surface area contributed by atoms with E-state index >= 15 is 0 Å². The second-order valence-electron chi connectivity index (χ2n) is 4.34. The van der Waals surface area contributed by atoms with Crippen LogP contribution in [-0.2, 0) is 0 Å². The van der Waals surface area contributed by atoms with E-state index in [1.807, 2.05) is 57.3 Å². The van der Waals surface area contributed by atoms with Gasteiger partial charge in [0.05, 0.1) is 0 Å². The molecule has 2 heteroatoms. The maximum Gasteiger partial charge on any atom is 0.135 e. The van der Waals surface area contributed by atoms with Gasteiger partial charge in [0.25, 0.3) is 0 Å². The van der Waals surface area contributed by atoms with Crippen molar-refractivity contribution in [2.45, 2.75) is 13.8 Å². The van der Waals surface area contributed by atoms with Crippen LogP contribution in [0.5, 0.6) is 11.5 Å². The van der Waals surface area contributed by atoms with Crippen LogP contribution >= 0.6 is 0 Å². The minimum atomic E-state index is 0. The zero-order valence-corrected chi connectivity index (χ0v) is 12.3. The van der Waals surface area contributed by atoms with Crippen LogP contribution in [0.25, 0.3) is 11.6 Å². The molecule has 0 fully saturated rings. The van der Waals surface area contributed by atoms with Gasteiger partial charge in [0, 0.05) is 19.1 Å². The van der Waals surface area contributed by atoms with Crippen LogP contribution in [0.1, 0.15) is 26.4 Å². The van der Waals surface area contributed by atoms with Gasteiger partial charge >= 0.3 is 0 Å². The van der Waals surface area contributed by atoms with Crippen molar-refractivity contribution in [1.29, 1.82) is 0 Å². The van der Waals surface area contributed by atoms with E-state index in [0.29, 0.717) is 0 Å². The van der Waals surface area contributed by atoms with Crippen LogP contribution in [0.2, 0.25) is 0 Å². The van der Waals surface area contributed by atoms with Crippen LogP contribution in [0.15, 0.2) is 48.5 Å². The number of nitrogens with one attached hydrogen (secondary N) is 1. The molecule has 1 aliphatic rings. The molecule has 0 bridgehead atoms. The highest BCUT2D eigenvalue weighted by molar-refractivity contribution is 5.87. The van der Waals surface area contributed by atoms with E-state index in [0.717, 1.165) is 29.2 Å². The Morgan fingerprint density at radius 2 is 1.60 bits per heavy atom. The first-order valence-corrected chi connectivity index (χ1v) is 7.10.